The van der Waals surface area contributed by atoms with Gasteiger partial charge in [0.15, 0.2) is 0 Å². The summed E-state index contributed by atoms with van der Waals surface area (Å²) in [4.78, 5) is 41.0. The Bertz CT molecular complexity index is 1350. The highest BCUT2D eigenvalue weighted by molar-refractivity contribution is 7.85. The Kier molecular flexibility index (Phi) is 8.67. The van der Waals surface area contributed by atoms with Crippen molar-refractivity contribution in [3.8, 4) is 0 Å². The predicted octanol–water partition coefficient (Wildman–Crippen LogP) is 1.50. The first-order chi connectivity index (χ1) is 18.5. The Labute approximate surface area is 227 Å². The van der Waals surface area contributed by atoms with E-state index in [0.29, 0.717) is 43.4 Å². The third-order valence-electron chi connectivity index (χ3n) is 7.47. The number of hydrogen-bond acceptors (Lipinski definition) is 6. The molecule has 210 valence electrons. The highest BCUT2D eigenvalue weighted by atomic mass is 32.2. The lowest BCUT2D eigenvalue weighted by molar-refractivity contribution is -0.141. The van der Waals surface area contributed by atoms with Crippen molar-refractivity contribution in [1.82, 2.24) is 20.9 Å². The first kappa shape index (κ1) is 28.7. The molecule has 0 bridgehead atoms. The molecule has 1 aliphatic heterocycles. The van der Waals surface area contributed by atoms with Gasteiger partial charge in [0, 0.05) is 13.0 Å². The summed E-state index contributed by atoms with van der Waals surface area (Å²) in [6.45, 7) is 1.98. The molecule has 1 aliphatic carbocycles. The Morgan fingerprint density at radius 1 is 1.13 bits per heavy atom. The molecule has 0 saturated carbocycles. The molecule has 4 N–H and O–H groups in total. The second kappa shape index (κ2) is 11.8. The van der Waals surface area contributed by atoms with Gasteiger partial charge in [0.05, 0.1) is 17.0 Å². The molecule has 10 nitrogen and oxygen atoms in total. The van der Waals surface area contributed by atoms with E-state index in [9.17, 15) is 31.7 Å². The van der Waals surface area contributed by atoms with E-state index in [0.717, 1.165) is 5.56 Å². The molecule has 0 unspecified atom stereocenters. The molecule has 3 amide bonds. The van der Waals surface area contributed by atoms with Crippen LogP contribution in [0.4, 0.5) is 4.39 Å². The third-order valence-corrected chi connectivity index (χ3v) is 8.34. The number of benzene rings is 2. The maximum atomic E-state index is 14.2. The van der Waals surface area contributed by atoms with Crippen molar-refractivity contribution in [3.63, 3.8) is 0 Å². The monoisotopic (exact) mass is 560 g/mol. The van der Waals surface area contributed by atoms with Crippen molar-refractivity contribution >= 4 is 27.8 Å². The van der Waals surface area contributed by atoms with Crippen LogP contribution in [0.5, 0.6) is 0 Å². The second-order valence-corrected chi connectivity index (χ2v) is 11.4. The van der Waals surface area contributed by atoms with Crippen molar-refractivity contribution in [3.05, 3.63) is 65.0 Å². The van der Waals surface area contributed by atoms with Crippen LogP contribution < -0.4 is 16.0 Å². The normalized spacial score (nSPS) is 20.3. The molecular formula is C27H33FN4O6S. The van der Waals surface area contributed by atoms with E-state index in [2.05, 4.69) is 16.0 Å². The number of amides is 3. The number of halogens is 1. The number of likely N-dealkylation sites (N-methyl/N-ethyl adjacent to an activating group) is 1. The maximum absolute atomic E-state index is 14.2. The smallest absolute Gasteiger partial charge is 0.294 e. The first-order valence-electron chi connectivity index (χ1n) is 12.9. The minimum atomic E-state index is -4.38. The van der Waals surface area contributed by atoms with Gasteiger partial charge in [-0.3, -0.25) is 18.9 Å². The predicted molar refractivity (Wildman–Crippen MR) is 141 cm³/mol. The molecule has 4 rings (SSSR count). The van der Waals surface area contributed by atoms with Crippen LogP contribution in [0.15, 0.2) is 47.4 Å². The SMILES string of the molecule is CN[C@@H](C)C(=O)N[C@@H](Cc1ccc(S(=O)(=O)O)cc1)C(=O)N1CCC[C@H]1C(=O)N[C@@H]1CCc2c(F)cccc21. The zero-order valence-corrected chi connectivity index (χ0v) is 22.6. The lowest BCUT2D eigenvalue weighted by Gasteiger charge is -2.30. The number of carbonyl (C=O) groups excluding carboxylic acids is 3. The zero-order valence-electron chi connectivity index (χ0n) is 21.8. The van der Waals surface area contributed by atoms with Crippen molar-refractivity contribution in [2.75, 3.05) is 13.6 Å². The van der Waals surface area contributed by atoms with Gasteiger partial charge in [-0.2, -0.15) is 8.42 Å². The molecule has 4 atom stereocenters. The van der Waals surface area contributed by atoms with Crippen LogP contribution >= 0.6 is 0 Å². The Balaban J connectivity index is 1.51. The summed E-state index contributed by atoms with van der Waals surface area (Å²) in [5, 5.41) is 8.57. The summed E-state index contributed by atoms with van der Waals surface area (Å²) < 4.78 is 46.2. The summed E-state index contributed by atoms with van der Waals surface area (Å²) in [7, 11) is -2.76. The van der Waals surface area contributed by atoms with Gasteiger partial charge in [0.25, 0.3) is 10.1 Å². The summed E-state index contributed by atoms with van der Waals surface area (Å²) in [6, 6.07) is 7.51. The maximum Gasteiger partial charge on any atom is 0.294 e. The van der Waals surface area contributed by atoms with Gasteiger partial charge in [-0.25, -0.2) is 4.39 Å². The summed E-state index contributed by atoms with van der Waals surface area (Å²) >= 11 is 0. The van der Waals surface area contributed by atoms with Crippen LogP contribution in [0.25, 0.3) is 0 Å². The average molecular weight is 561 g/mol. The van der Waals surface area contributed by atoms with Crippen LogP contribution in [0.2, 0.25) is 0 Å². The quantitative estimate of drug-likeness (QED) is 0.340. The molecular weight excluding hydrogens is 527 g/mol. The van der Waals surface area contributed by atoms with Gasteiger partial charge >= 0.3 is 0 Å². The number of likely N-dealkylation sites (tertiary alicyclic amines) is 1. The number of carbonyl (C=O) groups is 3. The standard InChI is InChI=1S/C27H33FN4O6S/c1-16(29-2)25(33)31-23(15-17-8-10-18(11-9-17)39(36,37)38)27(35)32-14-4-7-24(32)26(34)30-22-13-12-19-20(22)5-3-6-21(19)28/h3,5-6,8-11,16,22-24,29H,4,7,12-15H2,1-2H3,(H,30,34)(H,31,33)(H,36,37,38)/t16-,22+,23-,24-/m0/s1. The van der Waals surface area contributed by atoms with Crippen LogP contribution in [0.1, 0.15) is 48.9 Å². The van der Waals surface area contributed by atoms with Crippen LogP contribution in [0.3, 0.4) is 0 Å². The third kappa shape index (κ3) is 6.45. The zero-order chi connectivity index (χ0) is 28.3. The van der Waals surface area contributed by atoms with E-state index in [1.807, 2.05) is 0 Å². The lowest BCUT2D eigenvalue weighted by atomic mass is 10.0. The van der Waals surface area contributed by atoms with Gasteiger partial charge in [0.2, 0.25) is 17.7 Å². The van der Waals surface area contributed by atoms with Crippen molar-refractivity contribution in [2.24, 2.45) is 0 Å². The second-order valence-electron chi connectivity index (χ2n) is 9.99. The molecule has 39 heavy (non-hydrogen) atoms. The Morgan fingerprint density at radius 3 is 2.51 bits per heavy atom. The minimum Gasteiger partial charge on any atom is -0.347 e. The molecule has 1 heterocycles. The fraction of sp³-hybridized carbons (Fsp3) is 0.444. The molecule has 0 radical (unpaired) electrons. The van der Waals surface area contributed by atoms with E-state index >= 15 is 0 Å². The van der Waals surface area contributed by atoms with Gasteiger partial charge in [-0.05, 0) is 74.5 Å². The van der Waals surface area contributed by atoms with Crippen molar-refractivity contribution in [2.45, 2.75) is 68.1 Å². The van der Waals surface area contributed by atoms with Gasteiger partial charge < -0.3 is 20.9 Å². The highest BCUT2D eigenvalue weighted by Crippen LogP contribution is 2.33. The number of nitrogens with zero attached hydrogens (tertiary/aromatic N) is 1. The number of fused-ring (bicyclic) bond motifs is 1. The fourth-order valence-corrected chi connectivity index (χ4v) is 5.67. The first-order valence-corrected chi connectivity index (χ1v) is 14.4. The average Bonchev–Trinajstić information content (AvgIpc) is 3.55. The van der Waals surface area contributed by atoms with Crippen molar-refractivity contribution < 1.29 is 31.7 Å². The molecule has 2 aromatic rings. The largest absolute Gasteiger partial charge is 0.347 e. The van der Waals surface area contributed by atoms with Gasteiger partial charge in [-0.15, -0.1) is 0 Å². The van der Waals surface area contributed by atoms with E-state index in [1.165, 1.54) is 35.2 Å². The molecule has 1 fully saturated rings. The molecule has 2 aliphatic rings. The minimum absolute atomic E-state index is 0.0485. The fourth-order valence-electron chi connectivity index (χ4n) is 5.19. The van der Waals surface area contributed by atoms with E-state index in [1.54, 1.807) is 26.1 Å². The van der Waals surface area contributed by atoms with Gasteiger partial charge in [-0.1, -0.05) is 24.3 Å². The van der Waals surface area contributed by atoms with Crippen LogP contribution in [0, 0.1) is 5.82 Å². The Hall–Kier alpha value is -3.35. The number of rotatable bonds is 9. The number of nitrogens with one attached hydrogen (secondary N) is 3. The van der Waals surface area contributed by atoms with Gasteiger partial charge in [0.1, 0.15) is 17.9 Å². The lowest BCUT2D eigenvalue weighted by Crippen LogP contribution is -2.56. The van der Waals surface area contributed by atoms with E-state index < -0.39 is 40.1 Å². The molecule has 0 spiro atoms. The molecule has 1 saturated heterocycles. The van der Waals surface area contributed by atoms with E-state index in [-0.39, 0.29) is 29.1 Å². The molecule has 0 aromatic heterocycles. The summed E-state index contributed by atoms with van der Waals surface area (Å²) in [6.07, 6.45) is 2.21. The van der Waals surface area contributed by atoms with Crippen LogP contribution in [-0.2, 0) is 37.3 Å². The van der Waals surface area contributed by atoms with E-state index in [4.69, 9.17) is 0 Å². The summed E-state index contributed by atoms with van der Waals surface area (Å²) in [5.74, 6) is -1.45. The van der Waals surface area contributed by atoms with Crippen molar-refractivity contribution in [1.29, 1.82) is 0 Å². The number of hydrogen-bond donors (Lipinski definition) is 4. The highest BCUT2D eigenvalue weighted by Gasteiger charge is 2.39. The molecule has 2 aromatic carbocycles. The topological polar surface area (TPSA) is 145 Å². The van der Waals surface area contributed by atoms with Crippen LogP contribution in [-0.4, -0.2) is 67.3 Å². The molecule has 12 heteroatoms. The summed E-state index contributed by atoms with van der Waals surface area (Å²) in [5.41, 5.74) is 1.91. The Morgan fingerprint density at radius 2 is 1.85 bits per heavy atom.